The van der Waals surface area contributed by atoms with E-state index in [2.05, 4.69) is 15.3 Å². The summed E-state index contributed by atoms with van der Waals surface area (Å²) in [5.74, 6) is 1.43. The molecule has 0 saturated carbocycles. The van der Waals surface area contributed by atoms with Gasteiger partial charge in [0.2, 0.25) is 0 Å². The SMILES string of the molecule is COCC(CO)Nc1cc(C)nc(C)n1. The van der Waals surface area contributed by atoms with Gasteiger partial charge < -0.3 is 15.2 Å². The number of hydrogen-bond donors (Lipinski definition) is 2. The Bertz CT molecular complexity index is 297. The predicted octanol–water partition coefficient (Wildman–Crippen LogP) is 0.513. The molecule has 2 N–H and O–H groups in total. The summed E-state index contributed by atoms with van der Waals surface area (Å²) >= 11 is 0. The molecule has 1 heterocycles. The molecule has 1 rings (SSSR count). The Labute approximate surface area is 89.5 Å². The molecule has 84 valence electrons. The number of rotatable bonds is 5. The van der Waals surface area contributed by atoms with E-state index in [0.29, 0.717) is 12.4 Å². The van der Waals surface area contributed by atoms with E-state index in [4.69, 9.17) is 9.84 Å². The molecule has 1 atom stereocenters. The summed E-state index contributed by atoms with van der Waals surface area (Å²) in [6, 6.07) is 1.70. The smallest absolute Gasteiger partial charge is 0.130 e. The summed E-state index contributed by atoms with van der Waals surface area (Å²) in [4.78, 5) is 8.38. The number of aliphatic hydroxyl groups is 1. The van der Waals surface area contributed by atoms with Gasteiger partial charge in [-0.3, -0.25) is 0 Å². The van der Waals surface area contributed by atoms with Crippen LogP contribution in [0.2, 0.25) is 0 Å². The van der Waals surface area contributed by atoms with E-state index in [-0.39, 0.29) is 12.6 Å². The summed E-state index contributed by atoms with van der Waals surface area (Å²) in [5, 5.41) is 12.2. The topological polar surface area (TPSA) is 67.3 Å². The predicted molar refractivity (Wildman–Crippen MR) is 57.9 cm³/mol. The molecule has 5 heteroatoms. The fourth-order valence-corrected chi connectivity index (χ4v) is 1.34. The quantitative estimate of drug-likeness (QED) is 0.743. The van der Waals surface area contributed by atoms with Crippen molar-refractivity contribution in [2.45, 2.75) is 19.9 Å². The fourth-order valence-electron chi connectivity index (χ4n) is 1.34. The van der Waals surface area contributed by atoms with Gasteiger partial charge in [0.25, 0.3) is 0 Å². The molecule has 5 nitrogen and oxygen atoms in total. The molecule has 0 radical (unpaired) electrons. The second-order valence-corrected chi connectivity index (χ2v) is 3.42. The normalized spacial score (nSPS) is 12.5. The highest BCUT2D eigenvalue weighted by molar-refractivity contribution is 5.36. The van der Waals surface area contributed by atoms with Gasteiger partial charge in [0.05, 0.1) is 19.3 Å². The fraction of sp³-hybridized carbons (Fsp3) is 0.600. The van der Waals surface area contributed by atoms with Crippen LogP contribution in [0.1, 0.15) is 11.5 Å². The van der Waals surface area contributed by atoms with E-state index in [9.17, 15) is 0 Å². The third kappa shape index (κ3) is 3.81. The van der Waals surface area contributed by atoms with Crippen molar-refractivity contribution in [1.29, 1.82) is 0 Å². The van der Waals surface area contributed by atoms with Crippen LogP contribution < -0.4 is 5.32 Å². The molecule has 0 saturated heterocycles. The van der Waals surface area contributed by atoms with E-state index < -0.39 is 0 Å². The number of hydrogen-bond acceptors (Lipinski definition) is 5. The van der Waals surface area contributed by atoms with Crippen molar-refractivity contribution < 1.29 is 9.84 Å². The third-order valence-corrected chi connectivity index (χ3v) is 1.91. The number of aliphatic hydroxyl groups excluding tert-OH is 1. The molecule has 0 aliphatic rings. The molecular weight excluding hydrogens is 194 g/mol. The lowest BCUT2D eigenvalue weighted by atomic mass is 10.3. The zero-order valence-electron chi connectivity index (χ0n) is 9.32. The molecular formula is C10H17N3O2. The number of nitrogens with one attached hydrogen (secondary N) is 1. The van der Waals surface area contributed by atoms with Gasteiger partial charge in [-0.15, -0.1) is 0 Å². The zero-order chi connectivity index (χ0) is 11.3. The van der Waals surface area contributed by atoms with Crippen LogP contribution in [0.5, 0.6) is 0 Å². The first-order chi connectivity index (χ1) is 7.15. The van der Waals surface area contributed by atoms with E-state index in [0.717, 1.165) is 11.5 Å². The molecule has 1 unspecified atom stereocenters. The lowest BCUT2D eigenvalue weighted by Gasteiger charge is -2.16. The van der Waals surface area contributed by atoms with Gasteiger partial charge in [-0.25, -0.2) is 9.97 Å². The van der Waals surface area contributed by atoms with Gasteiger partial charge in [0.15, 0.2) is 0 Å². The molecule has 1 aromatic rings. The van der Waals surface area contributed by atoms with Crippen LogP contribution in [0.4, 0.5) is 5.82 Å². The molecule has 0 aliphatic heterocycles. The molecule has 15 heavy (non-hydrogen) atoms. The molecule has 0 aliphatic carbocycles. The molecule has 1 aromatic heterocycles. The molecule has 0 spiro atoms. The minimum atomic E-state index is -0.135. The van der Waals surface area contributed by atoms with E-state index in [1.807, 2.05) is 19.9 Å². The van der Waals surface area contributed by atoms with Crippen LogP contribution in [-0.2, 0) is 4.74 Å². The zero-order valence-corrected chi connectivity index (χ0v) is 9.32. The highest BCUT2D eigenvalue weighted by atomic mass is 16.5. The summed E-state index contributed by atoms with van der Waals surface area (Å²) in [7, 11) is 1.60. The first-order valence-corrected chi connectivity index (χ1v) is 4.84. The van der Waals surface area contributed by atoms with E-state index in [1.165, 1.54) is 0 Å². The van der Waals surface area contributed by atoms with Crippen molar-refractivity contribution in [2.75, 3.05) is 25.6 Å². The van der Waals surface area contributed by atoms with E-state index in [1.54, 1.807) is 7.11 Å². The number of ether oxygens (including phenoxy) is 1. The Morgan fingerprint density at radius 1 is 1.47 bits per heavy atom. The van der Waals surface area contributed by atoms with Gasteiger partial charge in [-0.1, -0.05) is 0 Å². The Kier molecular flexibility index (Phi) is 4.45. The van der Waals surface area contributed by atoms with Crippen LogP contribution >= 0.6 is 0 Å². The average Bonchev–Trinajstić information content (AvgIpc) is 2.15. The Morgan fingerprint density at radius 3 is 2.73 bits per heavy atom. The van der Waals surface area contributed by atoms with Crippen LogP contribution in [0.15, 0.2) is 6.07 Å². The van der Waals surface area contributed by atoms with Crippen molar-refractivity contribution in [3.63, 3.8) is 0 Å². The third-order valence-electron chi connectivity index (χ3n) is 1.91. The first kappa shape index (κ1) is 11.9. The second kappa shape index (κ2) is 5.63. The van der Waals surface area contributed by atoms with Crippen molar-refractivity contribution in [3.8, 4) is 0 Å². The number of nitrogens with zero attached hydrogens (tertiary/aromatic N) is 2. The summed E-state index contributed by atoms with van der Waals surface area (Å²) in [6.07, 6.45) is 0. The average molecular weight is 211 g/mol. The summed E-state index contributed by atoms with van der Waals surface area (Å²) < 4.78 is 4.96. The monoisotopic (exact) mass is 211 g/mol. The van der Waals surface area contributed by atoms with Crippen LogP contribution in [0, 0.1) is 13.8 Å². The molecule has 0 amide bonds. The number of aryl methyl sites for hydroxylation is 2. The summed E-state index contributed by atoms with van der Waals surface area (Å²) in [5.41, 5.74) is 0.902. The maximum absolute atomic E-state index is 9.07. The first-order valence-electron chi connectivity index (χ1n) is 4.84. The van der Waals surface area contributed by atoms with Gasteiger partial charge >= 0.3 is 0 Å². The second-order valence-electron chi connectivity index (χ2n) is 3.42. The minimum absolute atomic E-state index is 0.00986. The standard InChI is InChI=1S/C10H17N3O2/c1-7-4-10(12-8(2)11-7)13-9(5-14)6-15-3/h4,9,14H,5-6H2,1-3H3,(H,11,12,13). The number of aromatic nitrogens is 2. The lowest BCUT2D eigenvalue weighted by molar-refractivity contribution is 0.153. The van der Waals surface area contributed by atoms with Crippen molar-refractivity contribution >= 4 is 5.82 Å². The highest BCUT2D eigenvalue weighted by Crippen LogP contribution is 2.07. The molecule has 0 fully saturated rings. The van der Waals surface area contributed by atoms with Crippen molar-refractivity contribution in [2.24, 2.45) is 0 Å². The van der Waals surface area contributed by atoms with Crippen molar-refractivity contribution in [3.05, 3.63) is 17.6 Å². The largest absolute Gasteiger partial charge is 0.394 e. The van der Waals surface area contributed by atoms with E-state index >= 15 is 0 Å². The van der Waals surface area contributed by atoms with Crippen LogP contribution in [0.3, 0.4) is 0 Å². The maximum atomic E-state index is 9.07. The van der Waals surface area contributed by atoms with Gasteiger partial charge in [-0.05, 0) is 13.8 Å². The maximum Gasteiger partial charge on any atom is 0.130 e. The number of anilines is 1. The molecule has 0 aromatic carbocycles. The minimum Gasteiger partial charge on any atom is -0.394 e. The Hall–Kier alpha value is -1.20. The highest BCUT2D eigenvalue weighted by Gasteiger charge is 2.07. The van der Waals surface area contributed by atoms with Crippen molar-refractivity contribution in [1.82, 2.24) is 9.97 Å². The van der Waals surface area contributed by atoms with Gasteiger partial charge in [0.1, 0.15) is 11.6 Å². The lowest BCUT2D eigenvalue weighted by Crippen LogP contribution is -2.29. The van der Waals surface area contributed by atoms with Gasteiger partial charge in [-0.2, -0.15) is 0 Å². The van der Waals surface area contributed by atoms with Crippen LogP contribution in [-0.4, -0.2) is 41.4 Å². The summed E-state index contributed by atoms with van der Waals surface area (Å²) in [6.45, 7) is 4.20. The Morgan fingerprint density at radius 2 is 2.20 bits per heavy atom. The van der Waals surface area contributed by atoms with Crippen LogP contribution in [0.25, 0.3) is 0 Å². The Balaban J connectivity index is 2.69. The van der Waals surface area contributed by atoms with Gasteiger partial charge in [0, 0.05) is 18.9 Å². The molecule has 0 bridgehead atoms. The number of methoxy groups -OCH3 is 1.